The van der Waals surface area contributed by atoms with Gasteiger partial charge in [0, 0.05) is 0 Å². The van der Waals surface area contributed by atoms with Gasteiger partial charge in [-0.1, -0.05) is 45.3 Å². The fourth-order valence-corrected chi connectivity index (χ4v) is 6.73. The second-order valence-electron chi connectivity index (χ2n) is 9.01. The fourth-order valence-electron chi connectivity index (χ4n) is 6.73. The first-order valence-electron chi connectivity index (χ1n) is 9.28. The van der Waals surface area contributed by atoms with Gasteiger partial charge in [-0.2, -0.15) is 0 Å². The van der Waals surface area contributed by atoms with E-state index in [1.54, 1.807) is 25.7 Å². The van der Waals surface area contributed by atoms with Crippen molar-refractivity contribution in [2.45, 2.75) is 72.1 Å². The molecule has 3 saturated carbocycles. The lowest BCUT2D eigenvalue weighted by Gasteiger charge is -2.56. The molecule has 112 valence electrons. The lowest BCUT2D eigenvalue weighted by Crippen LogP contribution is -2.48. The second-order valence-corrected chi connectivity index (χ2v) is 9.01. The summed E-state index contributed by atoms with van der Waals surface area (Å²) in [5.41, 5.74) is 2.41. The molecule has 20 heavy (non-hydrogen) atoms. The van der Waals surface area contributed by atoms with E-state index in [4.69, 9.17) is 0 Å². The number of hydrogen-bond acceptors (Lipinski definition) is 0. The van der Waals surface area contributed by atoms with E-state index in [1.165, 1.54) is 25.7 Å². The normalized spacial score (nSPS) is 49.9. The molecular formula is C20H32. The van der Waals surface area contributed by atoms with Crippen LogP contribution >= 0.6 is 0 Å². The van der Waals surface area contributed by atoms with E-state index in [9.17, 15) is 0 Å². The van der Waals surface area contributed by atoms with Crippen LogP contribution in [0.2, 0.25) is 0 Å². The van der Waals surface area contributed by atoms with E-state index < -0.39 is 0 Å². The summed E-state index contributed by atoms with van der Waals surface area (Å²) in [5, 5.41) is 0. The summed E-state index contributed by atoms with van der Waals surface area (Å²) in [6.07, 6.45) is 14.7. The minimum Gasteiger partial charge on any atom is -0.0847 e. The summed E-state index contributed by atoms with van der Waals surface area (Å²) >= 11 is 0. The highest BCUT2D eigenvalue weighted by Crippen LogP contribution is 2.61. The molecular weight excluding hydrogens is 240 g/mol. The topological polar surface area (TPSA) is 0 Å². The quantitative estimate of drug-likeness (QED) is 0.487. The Labute approximate surface area is 125 Å². The van der Waals surface area contributed by atoms with Crippen LogP contribution in [0, 0.1) is 40.9 Å². The second kappa shape index (κ2) is 4.62. The van der Waals surface area contributed by atoms with Crippen LogP contribution in [0.3, 0.4) is 0 Å². The van der Waals surface area contributed by atoms with Crippen LogP contribution in [0.15, 0.2) is 11.6 Å². The van der Waals surface area contributed by atoms with Crippen LogP contribution in [0.1, 0.15) is 72.1 Å². The molecule has 0 saturated heterocycles. The van der Waals surface area contributed by atoms with E-state index in [0.29, 0.717) is 5.41 Å². The molecule has 6 unspecified atom stereocenters. The summed E-state index contributed by atoms with van der Waals surface area (Å²) < 4.78 is 0. The first kappa shape index (κ1) is 13.4. The van der Waals surface area contributed by atoms with Gasteiger partial charge in [0.25, 0.3) is 0 Å². The lowest BCUT2D eigenvalue weighted by atomic mass is 9.49. The SMILES string of the molecule is CC1CC=C2CCC3C4CCCC4CCC3C2C1(C)C. The number of rotatable bonds is 0. The lowest BCUT2D eigenvalue weighted by molar-refractivity contribution is -0.0165. The van der Waals surface area contributed by atoms with Crippen molar-refractivity contribution in [3.8, 4) is 0 Å². The molecule has 3 fully saturated rings. The predicted molar refractivity (Wildman–Crippen MR) is 85.4 cm³/mol. The summed E-state index contributed by atoms with van der Waals surface area (Å²) in [5.74, 6) is 6.15. The Hall–Kier alpha value is -0.260. The van der Waals surface area contributed by atoms with Crippen molar-refractivity contribution in [3.63, 3.8) is 0 Å². The van der Waals surface area contributed by atoms with Crippen molar-refractivity contribution < 1.29 is 0 Å². The van der Waals surface area contributed by atoms with E-state index >= 15 is 0 Å². The molecule has 4 aliphatic rings. The Morgan fingerprint density at radius 3 is 2.65 bits per heavy atom. The van der Waals surface area contributed by atoms with Crippen LogP contribution < -0.4 is 0 Å². The Morgan fingerprint density at radius 1 is 0.950 bits per heavy atom. The van der Waals surface area contributed by atoms with Crippen LogP contribution in [0.4, 0.5) is 0 Å². The van der Waals surface area contributed by atoms with Gasteiger partial charge in [-0.3, -0.25) is 0 Å². The smallest absolute Gasteiger partial charge is 0.0118 e. The van der Waals surface area contributed by atoms with Crippen LogP contribution in [-0.2, 0) is 0 Å². The third-order valence-corrected chi connectivity index (χ3v) is 8.09. The van der Waals surface area contributed by atoms with Crippen LogP contribution in [0.25, 0.3) is 0 Å². The number of fused-ring (bicyclic) bond motifs is 5. The summed E-state index contributed by atoms with van der Waals surface area (Å²) in [6.45, 7) is 7.66. The van der Waals surface area contributed by atoms with Crippen LogP contribution in [-0.4, -0.2) is 0 Å². The molecule has 0 heterocycles. The van der Waals surface area contributed by atoms with E-state index in [1.807, 2.05) is 5.57 Å². The fraction of sp³-hybridized carbons (Fsp3) is 0.900. The first-order chi connectivity index (χ1) is 9.59. The molecule has 0 heteroatoms. The van der Waals surface area contributed by atoms with Gasteiger partial charge in [0.1, 0.15) is 0 Å². The van der Waals surface area contributed by atoms with E-state index in [-0.39, 0.29) is 0 Å². The third-order valence-electron chi connectivity index (χ3n) is 8.09. The highest BCUT2D eigenvalue weighted by molar-refractivity contribution is 5.21. The van der Waals surface area contributed by atoms with Crippen molar-refractivity contribution in [3.05, 3.63) is 11.6 Å². The molecule has 0 radical (unpaired) electrons. The Bertz CT molecular complexity index is 416. The van der Waals surface area contributed by atoms with Gasteiger partial charge in [-0.15, -0.1) is 0 Å². The van der Waals surface area contributed by atoms with Gasteiger partial charge in [-0.25, -0.2) is 0 Å². The minimum atomic E-state index is 0.541. The first-order valence-corrected chi connectivity index (χ1v) is 9.28. The predicted octanol–water partition coefficient (Wildman–Crippen LogP) is 5.83. The molecule has 4 rings (SSSR count). The Morgan fingerprint density at radius 2 is 1.80 bits per heavy atom. The summed E-state index contributed by atoms with van der Waals surface area (Å²) in [4.78, 5) is 0. The van der Waals surface area contributed by atoms with Crippen molar-refractivity contribution in [1.82, 2.24) is 0 Å². The summed E-state index contributed by atoms with van der Waals surface area (Å²) in [6, 6.07) is 0. The van der Waals surface area contributed by atoms with Crippen molar-refractivity contribution in [1.29, 1.82) is 0 Å². The maximum Gasteiger partial charge on any atom is -0.0118 e. The van der Waals surface area contributed by atoms with Gasteiger partial charge in [-0.05, 0) is 79.4 Å². The molecule has 0 bridgehead atoms. The molecule has 6 atom stereocenters. The van der Waals surface area contributed by atoms with Crippen LogP contribution in [0.5, 0.6) is 0 Å². The van der Waals surface area contributed by atoms with Crippen molar-refractivity contribution >= 4 is 0 Å². The minimum absolute atomic E-state index is 0.541. The molecule has 0 aliphatic heterocycles. The maximum absolute atomic E-state index is 2.65. The number of hydrogen-bond donors (Lipinski definition) is 0. The zero-order valence-electron chi connectivity index (χ0n) is 13.7. The molecule has 4 aliphatic carbocycles. The van der Waals surface area contributed by atoms with Gasteiger partial charge < -0.3 is 0 Å². The van der Waals surface area contributed by atoms with Gasteiger partial charge in [0.2, 0.25) is 0 Å². The van der Waals surface area contributed by atoms with Gasteiger partial charge in [0.15, 0.2) is 0 Å². The zero-order chi connectivity index (χ0) is 13.9. The standard InChI is InChI=1S/C20H32/c1-13-7-8-15-10-11-17-16-6-4-5-14(16)9-12-18(17)19(15)20(13,2)3/h8,13-14,16-19H,4-7,9-12H2,1-3H3. The van der Waals surface area contributed by atoms with E-state index in [2.05, 4.69) is 26.8 Å². The van der Waals surface area contributed by atoms with E-state index in [0.717, 1.165) is 35.5 Å². The monoisotopic (exact) mass is 272 g/mol. The summed E-state index contributed by atoms with van der Waals surface area (Å²) in [7, 11) is 0. The number of allylic oxidation sites excluding steroid dienone is 2. The molecule has 0 aromatic rings. The molecule has 0 aromatic heterocycles. The average Bonchev–Trinajstić information content (AvgIpc) is 2.91. The Balaban J connectivity index is 1.68. The molecule has 0 N–H and O–H groups in total. The Kier molecular flexibility index (Phi) is 3.09. The zero-order valence-corrected chi connectivity index (χ0v) is 13.7. The third kappa shape index (κ3) is 1.79. The molecule has 0 aromatic carbocycles. The maximum atomic E-state index is 2.65. The largest absolute Gasteiger partial charge is 0.0847 e. The van der Waals surface area contributed by atoms with Crippen molar-refractivity contribution in [2.24, 2.45) is 40.9 Å². The molecule has 0 spiro atoms. The average molecular weight is 272 g/mol. The highest BCUT2D eigenvalue weighted by Gasteiger charge is 2.52. The van der Waals surface area contributed by atoms with Gasteiger partial charge in [0.05, 0.1) is 0 Å². The molecule has 0 amide bonds. The molecule has 0 nitrogen and oxygen atoms in total. The highest BCUT2D eigenvalue weighted by atomic mass is 14.6. The van der Waals surface area contributed by atoms with Crippen molar-refractivity contribution in [2.75, 3.05) is 0 Å². The van der Waals surface area contributed by atoms with Gasteiger partial charge >= 0.3 is 0 Å².